The van der Waals surface area contributed by atoms with Crippen molar-refractivity contribution in [3.63, 3.8) is 0 Å². The van der Waals surface area contributed by atoms with Gasteiger partial charge in [0.1, 0.15) is 18.5 Å². The molecule has 3 aromatic rings. The summed E-state index contributed by atoms with van der Waals surface area (Å²) in [5.41, 5.74) is -0.103. The van der Waals surface area contributed by atoms with Crippen molar-refractivity contribution < 1.29 is 29.5 Å². The summed E-state index contributed by atoms with van der Waals surface area (Å²) >= 11 is 0. The fraction of sp³-hybridized carbons (Fsp3) is 0.406. The molecule has 0 bridgehead atoms. The summed E-state index contributed by atoms with van der Waals surface area (Å²) in [5, 5.41) is 2.61. The number of nitrogens with zero attached hydrogens (tertiary/aromatic N) is 4. The molecule has 1 saturated heterocycles. The molecule has 0 spiro atoms. The molecule has 1 aliphatic rings. The van der Waals surface area contributed by atoms with Crippen LogP contribution in [0.3, 0.4) is 0 Å². The lowest BCUT2D eigenvalue weighted by atomic mass is 10.1. The minimum Gasteiger partial charge on any atom is -0.451 e. The molecule has 3 unspecified atom stereocenters. The first kappa shape index (κ1) is 32.4. The fourth-order valence-electron chi connectivity index (χ4n) is 4.80. The SMILES string of the molecule is [2H]C[C@H]1O[C@@H](n2ccc(NC(=O)c3ccccc3)nc2=O)C(OC(=O)c2ccccc2)C1OP(OCC[N+]#[C-])N(C(C)C)C(C)C. The smallest absolute Gasteiger partial charge is 0.351 e. The van der Waals surface area contributed by atoms with Gasteiger partial charge < -0.3 is 28.7 Å². The van der Waals surface area contributed by atoms with Gasteiger partial charge in [0, 0.05) is 25.2 Å². The van der Waals surface area contributed by atoms with Crippen molar-refractivity contribution in [2.24, 2.45) is 0 Å². The molecule has 2 aromatic carbocycles. The first-order valence-corrected chi connectivity index (χ1v) is 15.6. The van der Waals surface area contributed by atoms with E-state index in [0.29, 0.717) is 5.56 Å². The van der Waals surface area contributed by atoms with Crippen molar-refractivity contribution in [2.45, 2.75) is 71.2 Å². The van der Waals surface area contributed by atoms with Crippen molar-refractivity contribution in [1.82, 2.24) is 14.2 Å². The molecule has 0 radical (unpaired) electrons. The van der Waals surface area contributed by atoms with Crippen molar-refractivity contribution in [2.75, 3.05) is 18.5 Å². The van der Waals surface area contributed by atoms with Crippen LogP contribution in [0.2, 0.25) is 0 Å². The fourth-order valence-corrected chi connectivity index (χ4v) is 6.56. The van der Waals surface area contributed by atoms with E-state index in [-0.39, 0.29) is 43.5 Å². The van der Waals surface area contributed by atoms with Crippen molar-refractivity contribution in [1.29, 1.82) is 0 Å². The van der Waals surface area contributed by atoms with Gasteiger partial charge in [0.15, 0.2) is 12.3 Å². The maximum absolute atomic E-state index is 13.4. The van der Waals surface area contributed by atoms with Gasteiger partial charge in [-0.2, -0.15) is 4.98 Å². The standard InChI is InChI=1S/C32H38N5O7P/c1-21(2)37(22(3)4)45(41-20-18-33-6)44-27-23(5)42-30(28(27)43-31(39)25-15-11-8-12-16-25)36-19-17-26(35-32(36)40)34-29(38)24-13-9-7-10-14-24/h7-17,19,21-23,27-28,30H,18,20H2,1-5H3,(H,34,35,38,40)/t23-,27?,28?,30-,45?/m1/s1/i5D. The van der Waals surface area contributed by atoms with Crippen molar-refractivity contribution >= 4 is 26.2 Å². The number of benzene rings is 2. The monoisotopic (exact) mass is 636 g/mol. The second-order valence-electron chi connectivity index (χ2n) is 10.7. The first-order chi connectivity index (χ1) is 22.1. The zero-order valence-electron chi connectivity index (χ0n) is 26.6. The minimum absolute atomic E-state index is 0.0117. The lowest BCUT2D eigenvalue weighted by molar-refractivity contribution is -0.0488. The normalized spacial score (nSPS) is 20.5. The largest absolute Gasteiger partial charge is 0.451 e. The molecule has 1 amide bonds. The van der Waals surface area contributed by atoms with Gasteiger partial charge in [0.2, 0.25) is 6.54 Å². The van der Waals surface area contributed by atoms with Crippen LogP contribution < -0.4 is 11.0 Å². The Kier molecular flexibility index (Phi) is 11.4. The van der Waals surface area contributed by atoms with Crippen LogP contribution in [-0.4, -0.2) is 69.6 Å². The molecule has 1 aromatic heterocycles. The van der Waals surface area contributed by atoms with Gasteiger partial charge in [-0.25, -0.2) is 20.8 Å². The Balaban J connectivity index is 1.68. The van der Waals surface area contributed by atoms with Crippen LogP contribution in [0.5, 0.6) is 0 Å². The maximum atomic E-state index is 13.4. The third-order valence-corrected chi connectivity index (χ3v) is 8.91. The molecule has 0 aliphatic carbocycles. The Morgan fingerprint density at radius 3 is 2.29 bits per heavy atom. The highest BCUT2D eigenvalue weighted by Gasteiger charge is 2.50. The van der Waals surface area contributed by atoms with E-state index in [2.05, 4.69) is 15.1 Å². The topological polar surface area (TPSA) is 126 Å². The number of anilines is 1. The molecular weight excluding hydrogens is 597 g/mol. The number of ether oxygens (including phenoxy) is 2. The second kappa shape index (κ2) is 15.8. The summed E-state index contributed by atoms with van der Waals surface area (Å²) in [7, 11) is -1.81. The van der Waals surface area contributed by atoms with Gasteiger partial charge in [-0.05, 0) is 64.9 Å². The van der Waals surface area contributed by atoms with E-state index >= 15 is 0 Å². The molecule has 45 heavy (non-hydrogen) atoms. The Morgan fingerprint density at radius 2 is 1.71 bits per heavy atom. The zero-order valence-corrected chi connectivity index (χ0v) is 26.5. The predicted molar refractivity (Wildman–Crippen MR) is 169 cm³/mol. The Bertz CT molecular complexity index is 1550. The lowest BCUT2D eigenvalue weighted by Crippen LogP contribution is -2.41. The van der Waals surface area contributed by atoms with Crippen molar-refractivity contribution in [3.8, 4) is 0 Å². The van der Waals surface area contributed by atoms with E-state index in [0.717, 1.165) is 4.57 Å². The molecule has 4 rings (SSSR count). The molecule has 2 heterocycles. The third-order valence-electron chi connectivity index (χ3n) is 6.78. The summed E-state index contributed by atoms with van der Waals surface area (Å²) in [5.74, 6) is -1.09. The highest BCUT2D eigenvalue weighted by atomic mass is 31.2. The van der Waals surface area contributed by atoms with Crippen molar-refractivity contribution in [3.05, 3.63) is 106 Å². The molecule has 1 aliphatic heterocycles. The number of carbonyl (C=O) groups is 2. The summed E-state index contributed by atoms with van der Waals surface area (Å²) in [6.07, 6.45) is -2.95. The number of amides is 1. The number of esters is 1. The van der Waals surface area contributed by atoms with Gasteiger partial charge in [0.25, 0.3) is 14.4 Å². The Labute approximate surface area is 265 Å². The summed E-state index contributed by atoms with van der Waals surface area (Å²) in [6, 6.07) is 18.3. The number of nitrogens with one attached hydrogen (secondary N) is 1. The third kappa shape index (κ3) is 8.60. The van der Waals surface area contributed by atoms with E-state index < -0.39 is 50.6 Å². The zero-order chi connectivity index (χ0) is 33.2. The Hall–Kier alpha value is -3.98. The minimum atomic E-state index is -1.81. The van der Waals surface area contributed by atoms with Crippen LogP contribution in [0.15, 0.2) is 77.7 Å². The number of hydrogen-bond acceptors (Lipinski definition) is 9. The van der Waals surface area contributed by atoms with Gasteiger partial charge in [-0.15, -0.1) is 0 Å². The van der Waals surface area contributed by atoms with Crippen LogP contribution in [0.1, 0.15) is 62.9 Å². The summed E-state index contributed by atoms with van der Waals surface area (Å²) < 4.78 is 36.3. The summed E-state index contributed by atoms with van der Waals surface area (Å²) in [6.45, 7) is 15.1. The van der Waals surface area contributed by atoms with Gasteiger partial charge in [-0.1, -0.05) is 36.4 Å². The second-order valence-corrected chi connectivity index (χ2v) is 12.1. The number of rotatable bonds is 13. The molecule has 13 heteroatoms. The quantitative estimate of drug-likeness (QED) is 0.115. The van der Waals surface area contributed by atoms with Crippen LogP contribution >= 0.6 is 8.53 Å². The van der Waals surface area contributed by atoms with Crippen LogP contribution in [0.4, 0.5) is 5.82 Å². The van der Waals surface area contributed by atoms with E-state index in [4.69, 9.17) is 26.5 Å². The number of aromatic nitrogens is 2. The van der Waals surface area contributed by atoms with Crippen LogP contribution in [0.25, 0.3) is 4.85 Å². The average molecular weight is 637 g/mol. The molecule has 12 nitrogen and oxygen atoms in total. The predicted octanol–water partition coefficient (Wildman–Crippen LogP) is 5.31. The summed E-state index contributed by atoms with van der Waals surface area (Å²) in [4.78, 5) is 46.8. The van der Waals surface area contributed by atoms with Gasteiger partial charge >= 0.3 is 11.7 Å². The average Bonchev–Trinajstić information content (AvgIpc) is 3.37. The van der Waals surface area contributed by atoms with E-state index in [1.54, 1.807) is 60.7 Å². The van der Waals surface area contributed by atoms with E-state index in [1.807, 2.05) is 32.4 Å². The Morgan fingerprint density at radius 1 is 1.07 bits per heavy atom. The molecular formula is C32H38N5O7P. The van der Waals surface area contributed by atoms with E-state index in [9.17, 15) is 14.4 Å². The number of hydrogen-bond donors (Lipinski definition) is 1. The number of carbonyl (C=O) groups excluding carboxylic acids is 2. The van der Waals surface area contributed by atoms with Gasteiger partial charge in [-0.3, -0.25) is 9.36 Å². The first-order valence-electron chi connectivity index (χ1n) is 15.2. The molecule has 0 saturated carbocycles. The van der Waals surface area contributed by atoms with E-state index in [1.165, 1.54) is 12.3 Å². The molecule has 1 fully saturated rings. The lowest BCUT2D eigenvalue weighted by Gasteiger charge is -2.37. The van der Waals surface area contributed by atoms with Crippen LogP contribution in [0, 0.1) is 6.57 Å². The van der Waals surface area contributed by atoms with Crippen LogP contribution in [-0.2, 0) is 18.5 Å². The molecule has 238 valence electrons. The molecule has 5 atom stereocenters. The van der Waals surface area contributed by atoms with Gasteiger partial charge in [0.05, 0.1) is 11.7 Å². The molecule has 1 N–H and O–H groups in total. The highest BCUT2D eigenvalue weighted by molar-refractivity contribution is 7.44. The highest BCUT2D eigenvalue weighted by Crippen LogP contribution is 2.50. The maximum Gasteiger partial charge on any atom is 0.351 e.